The van der Waals surface area contributed by atoms with E-state index in [0.29, 0.717) is 32.3 Å². The number of carbonyl (C=O) groups is 2. The minimum Gasteiger partial charge on any atom is -0.312 e. The second-order valence-electron chi connectivity index (χ2n) is 9.25. The third-order valence-corrected chi connectivity index (χ3v) is 9.34. The van der Waals surface area contributed by atoms with Crippen LogP contribution in [0.3, 0.4) is 0 Å². The van der Waals surface area contributed by atoms with Crippen LogP contribution in [0.25, 0.3) is 0 Å². The molecular weight excluding hydrogens is 488 g/mol. The maximum absolute atomic E-state index is 12.9. The van der Waals surface area contributed by atoms with Crippen molar-refractivity contribution < 1.29 is 9.59 Å². The van der Waals surface area contributed by atoms with Crippen molar-refractivity contribution in [1.82, 2.24) is 0 Å². The van der Waals surface area contributed by atoms with Gasteiger partial charge in [0.15, 0.2) is 0 Å². The molecular formula is C28H26N4O2S2. The topological polar surface area (TPSA) is 106 Å². The molecule has 2 heterocycles. The normalized spacial score (nSPS) is 14.8. The molecule has 182 valence electrons. The van der Waals surface area contributed by atoms with Crippen molar-refractivity contribution in [1.29, 1.82) is 10.5 Å². The number of benzene rings is 1. The number of hydrogen-bond donors (Lipinski definition) is 2. The van der Waals surface area contributed by atoms with Crippen LogP contribution in [0.2, 0.25) is 0 Å². The summed E-state index contributed by atoms with van der Waals surface area (Å²) in [4.78, 5) is 28.2. The van der Waals surface area contributed by atoms with Gasteiger partial charge in [0.05, 0.1) is 11.1 Å². The molecule has 6 nitrogen and oxygen atoms in total. The first-order chi connectivity index (χ1) is 17.6. The molecule has 2 amide bonds. The van der Waals surface area contributed by atoms with Gasteiger partial charge in [-0.2, -0.15) is 10.5 Å². The predicted octanol–water partition coefficient (Wildman–Crippen LogP) is 6.60. The number of hydrogen-bond acceptors (Lipinski definition) is 6. The largest absolute Gasteiger partial charge is 0.312 e. The molecule has 2 aliphatic carbocycles. The lowest BCUT2D eigenvalue weighted by Crippen LogP contribution is -2.14. The summed E-state index contributed by atoms with van der Waals surface area (Å²) in [5.74, 6) is -0.604. The van der Waals surface area contributed by atoms with E-state index in [0.717, 1.165) is 62.5 Å². The van der Waals surface area contributed by atoms with Crippen LogP contribution in [0.1, 0.15) is 91.2 Å². The fourth-order valence-electron chi connectivity index (χ4n) is 5.02. The van der Waals surface area contributed by atoms with Gasteiger partial charge < -0.3 is 10.6 Å². The number of thiophene rings is 2. The first kappa shape index (κ1) is 24.2. The number of rotatable bonds is 4. The molecule has 2 aliphatic rings. The molecule has 3 aromatic rings. The maximum atomic E-state index is 12.9. The van der Waals surface area contributed by atoms with Gasteiger partial charge in [0.25, 0.3) is 11.8 Å². The lowest BCUT2D eigenvalue weighted by atomic mass is 10.1. The molecule has 36 heavy (non-hydrogen) atoms. The number of anilines is 2. The highest BCUT2D eigenvalue weighted by atomic mass is 32.1. The van der Waals surface area contributed by atoms with E-state index >= 15 is 0 Å². The monoisotopic (exact) mass is 514 g/mol. The molecule has 0 fully saturated rings. The summed E-state index contributed by atoms with van der Waals surface area (Å²) in [6, 6.07) is 11.0. The number of fused-ring (bicyclic) bond motifs is 2. The average molecular weight is 515 g/mol. The Morgan fingerprint density at radius 2 is 1.03 bits per heavy atom. The van der Waals surface area contributed by atoms with Crippen molar-refractivity contribution >= 4 is 44.5 Å². The van der Waals surface area contributed by atoms with Crippen molar-refractivity contribution in [2.45, 2.75) is 64.2 Å². The maximum Gasteiger partial charge on any atom is 0.256 e. The molecule has 0 saturated carbocycles. The Morgan fingerprint density at radius 1 is 0.639 bits per heavy atom. The van der Waals surface area contributed by atoms with Gasteiger partial charge in [0.2, 0.25) is 0 Å². The summed E-state index contributed by atoms with van der Waals surface area (Å²) in [6.07, 6.45) is 10.4. The fourth-order valence-corrected chi connectivity index (χ4v) is 7.49. The van der Waals surface area contributed by atoms with Crippen molar-refractivity contribution in [3.63, 3.8) is 0 Å². The summed E-state index contributed by atoms with van der Waals surface area (Å²) in [5.41, 5.74) is 4.18. The van der Waals surface area contributed by atoms with E-state index in [1.807, 2.05) is 0 Å². The molecule has 0 atom stereocenters. The Balaban J connectivity index is 1.29. The molecule has 0 spiro atoms. The van der Waals surface area contributed by atoms with Gasteiger partial charge in [-0.25, -0.2) is 0 Å². The van der Waals surface area contributed by atoms with Crippen LogP contribution >= 0.6 is 22.7 Å². The number of nitriles is 2. The summed E-state index contributed by atoms with van der Waals surface area (Å²) in [7, 11) is 0. The molecule has 0 unspecified atom stereocenters. The Bertz CT molecular complexity index is 1300. The Hall–Kier alpha value is -3.46. The molecule has 0 bridgehead atoms. The predicted molar refractivity (Wildman–Crippen MR) is 143 cm³/mol. The average Bonchev–Trinajstić information content (AvgIpc) is 3.14. The van der Waals surface area contributed by atoms with E-state index in [2.05, 4.69) is 22.8 Å². The highest BCUT2D eigenvalue weighted by Crippen LogP contribution is 2.38. The zero-order chi connectivity index (χ0) is 25.1. The van der Waals surface area contributed by atoms with Crippen LogP contribution in [0, 0.1) is 22.7 Å². The van der Waals surface area contributed by atoms with Crippen molar-refractivity contribution in [3.8, 4) is 12.1 Å². The van der Waals surface area contributed by atoms with Crippen LogP contribution in [0.15, 0.2) is 24.3 Å². The summed E-state index contributed by atoms with van der Waals surface area (Å²) in [6.45, 7) is 0. The number of nitrogens with one attached hydrogen (secondary N) is 2. The second kappa shape index (κ2) is 10.7. The van der Waals surface area contributed by atoms with Gasteiger partial charge in [-0.1, -0.05) is 12.8 Å². The van der Waals surface area contributed by atoms with Crippen LogP contribution in [0.4, 0.5) is 10.0 Å². The molecule has 8 heteroatoms. The van der Waals surface area contributed by atoms with Gasteiger partial charge >= 0.3 is 0 Å². The highest BCUT2D eigenvalue weighted by Gasteiger charge is 2.23. The number of carbonyl (C=O) groups excluding carboxylic acids is 2. The van der Waals surface area contributed by atoms with E-state index in [1.165, 1.54) is 45.3 Å². The Labute approximate surface area is 218 Å². The van der Waals surface area contributed by atoms with Gasteiger partial charge in [-0.15, -0.1) is 22.7 Å². The number of nitrogens with zero attached hydrogens (tertiary/aromatic N) is 2. The highest BCUT2D eigenvalue weighted by molar-refractivity contribution is 7.17. The van der Waals surface area contributed by atoms with Crippen molar-refractivity contribution in [2.75, 3.05) is 10.6 Å². The molecule has 0 radical (unpaired) electrons. The quantitative estimate of drug-likeness (QED) is 0.383. The zero-order valence-electron chi connectivity index (χ0n) is 19.9. The van der Waals surface area contributed by atoms with Crippen LogP contribution in [-0.4, -0.2) is 11.8 Å². The fraction of sp³-hybridized carbons (Fsp3) is 0.357. The van der Waals surface area contributed by atoms with Crippen LogP contribution in [-0.2, 0) is 25.7 Å². The Kier molecular flexibility index (Phi) is 7.18. The van der Waals surface area contributed by atoms with Crippen molar-refractivity contribution in [2.24, 2.45) is 0 Å². The third-order valence-electron chi connectivity index (χ3n) is 6.93. The van der Waals surface area contributed by atoms with Crippen LogP contribution in [0.5, 0.6) is 0 Å². The first-order valence-corrected chi connectivity index (χ1v) is 14.0. The van der Waals surface area contributed by atoms with E-state index in [-0.39, 0.29) is 11.8 Å². The molecule has 1 aromatic carbocycles. The van der Waals surface area contributed by atoms with Crippen LogP contribution < -0.4 is 10.6 Å². The lowest BCUT2D eigenvalue weighted by Gasteiger charge is -2.07. The Morgan fingerprint density at radius 3 is 1.42 bits per heavy atom. The first-order valence-electron chi connectivity index (χ1n) is 12.4. The minimum atomic E-state index is -0.302. The van der Waals surface area contributed by atoms with Gasteiger partial charge in [-0.3, -0.25) is 9.59 Å². The SMILES string of the molecule is N#Cc1c(NC(=O)c2ccc(C(=O)Nc3sc4c(c3C#N)CCCCC4)cc2)sc2c1CCCCC2. The molecule has 0 aliphatic heterocycles. The van der Waals surface area contributed by atoms with E-state index in [4.69, 9.17) is 0 Å². The third kappa shape index (κ3) is 4.80. The van der Waals surface area contributed by atoms with Crippen molar-refractivity contribution in [3.05, 3.63) is 67.4 Å². The summed E-state index contributed by atoms with van der Waals surface area (Å²) < 4.78 is 0. The summed E-state index contributed by atoms with van der Waals surface area (Å²) in [5, 5.41) is 26.5. The lowest BCUT2D eigenvalue weighted by molar-refractivity contribution is 0.101. The molecule has 5 rings (SSSR count). The van der Waals surface area contributed by atoms with Gasteiger partial charge in [0, 0.05) is 20.9 Å². The van der Waals surface area contributed by atoms with E-state index in [9.17, 15) is 20.1 Å². The summed E-state index contributed by atoms with van der Waals surface area (Å²) >= 11 is 3.01. The second-order valence-corrected chi connectivity index (χ2v) is 11.5. The smallest absolute Gasteiger partial charge is 0.256 e. The minimum absolute atomic E-state index is 0.302. The standard InChI is InChI=1S/C28H26N4O2S2/c29-15-21-19-7-3-1-5-9-23(19)35-27(21)31-25(33)17-11-13-18(14-12-17)26(34)32-28-22(16-30)20-8-4-2-6-10-24(20)36-28/h11-14H,1-10H2,(H,31,33)(H,32,34). The number of amides is 2. The van der Waals surface area contributed by atoms with Gasteiger partial charge in [0.1, 0.15) is 22.1 Å². The van der Waals surface area contributed by atoms with E-state index in [1.54, 1.807) is 24.3 Å². The number of aryl methyl sites for hydroxylation is 2. The van der Waals surface area contributed by atoms with Gasteiger partial charge in [-0.05, 0) is 86.8 Å². The van der Waals surface area contributed by atoms with E-state index < -0.39 is 0 Å². The molecule has 0 saturated heterocycles. The molecule has 2 N–H and O–H groups in total. The zero-order valence-corrected chi connectivity index (χ0v) is 21.5. The molecule has 2 aromatic heterocycles.